The molecule has 0 spiro atoms. The van der Waals surface area contributed by atoms with Crippen LogP contribution in [0.5, 0.6) is 11.5 Å². The van der Waals surface area contributed by atoms with Gasteiger partial charge in [-0.25, -0.2) is 4.79 Å². The van der Waals surface area contributed by atoms with Crippen molar-refractivity contribution in [3.05, 3.63) is 84.0 Å². The molecular formula is C24H28O4. The summed E-state index contributed by atoms with van der Waals surface area (Å²) in [5.41, 5.74) is 3.27. The SMILES string of the molecule is C=CCOc1c(CC=C)c(OC)cc(CCc2ccccc2)c1C(=O)OCC. The third kappa shape index (κ3) is 5.26. The second-order valence-corrected chi connectivity index (χ2v) is 6.22. The topological polar surface area (TPSA) is 44.8 Å². The Bertz CT molecular complexity index is 809. The van der Waals surface area contributed by atoms with Crippen LogP contribution in [0.2, 0.25) is 0 Å². The smallest absolute Gasteiger partial charge is 0.342 e. The van der Waals surface area contributed by atoms with Crippen molar-refractivity contribution < 1.29 is 19.0 Å². The predicted molar refractivity (Wildman–Crippen MR) is 112 cm³/mol. The van der Waals surface area contributed by atoms with Gasteiger partial charge in [0, 0.05) is 5.56 Å². The summed E-state index contributed by atoms with van der Waals surface area (Å²) in [7, 11) is 1.62. The van der Waals surface area contributed by atoms with Crippen LogP contribution in [0.3, 0.4) is 0 Å². The molecule has 0 aliphatic heterocycles. The van der Waals surface area contributed by atoms with Crippen LogP contribution in [-0.4, -0.2) is 26.3 Å². The van der Waals surface area contributed by atoms with Gasteiger partial charge in [-0.2, -0.15) is 0 Å². The molecule has 0 heterocycles. The molecule has 2 aromatic carbocycles. The van der Waals surface area contributed by atoms with Crippen molar-refractivity contribution in [2.45, 2.75) is 26.2 Å². The predicted octanol–water partition coefficient (Wildman–Crippen LogP) is 4.95. The van der Waals surface area contributed by atoms with E-state index in [0.717, 1.165) is 17.5 Å². The highest BCUT2D eigenvalue weighted by Crippen LogP contribution is 2.37. The number of methoxy groups -OCH3 is 1. The zero-order chi connectivity index (χ0) is 20.4. The second-order valence-electron chi connectivity index (χ2n) is 6.22. The Hall–Kier alpha value is -3.01. The van der Waals surface area contributed by atoms with Crippen molar-refractivity contribution >= 4 is 5.97 Å². The van der Waals surface area contributed by atoms with Crippen molar-refractivity contribution in [3.63, 3.8) is 0 Å². The summed E-state index contributed by atoms with van der Waals surface area (Å²) >= 11 is 0. The number of ether oxygens (including phenoxy) is 3. The minimum absolute atomic E-state index is 0.280. The van der Waals surface area contributed by atoms with Crippen LogP contribution in [0.4, 0.5) is 0 Å². The first-order chi connectivity index (χ1) is 13.7. The molecule has 4 heteroatoms. The zero-order valence-corrected chi connectivity index (χ0v) is 16.7. The zero-order valence-electron chi connectivity index (χ0n) is 16.7. The van der Waals surface area contributed by atoms with E-state index in [4.69, 9.17) is 14.2 Å². The highest BCUT2D eigenvalue weighted by molar-refractivity contribution is 5.95. The molecule has 0 radical (unpaired) electrons. The molecule has 0 unspecified atom stereocenters. The van der Waals surface area contributed by atoms with Crippen LogP contribution >= 0.6 is 0 Å². The van der Waals surface area contributed by atoms with E-state index in [9.17, 15) is 4.79 Å². The number of carbonyl (C=O) groups excluding carboxylic acids is 1. The fraction of sp³-hybridized carbons (Fsp3) is 0.292. The van der Waals surface area contributed by atoms with Crippen molar-refractivity contribution in [1.29, 1.82) is 0 Å². The molecule has 0 N–H and O–H groups in total. The number of allylic oxidation sites excluding steroid dienone is 1. The van der Waals surface area contributed by atoms with Crippen molar-refractivity contribution in [2.75, 3.05) is 20.3 Å². The Balaban J connectivity index is 2.57. The third-order valence-corrected chi connectivity index (χ3v) is 4.34. The molecule has 0 saturated heterocycles. The van der Waals surface area contributed by atoms with Crippen LogP contribution in [0.25, 0.3) is 0 Å². The summed E-state index contributed by atoms with van der Waals surface area (Å²) in [4.78, 5) is 12.8. The molecule has 0 fully saturated rings. The molecule has 0 aliphatic rings. The Kier molecular flexibility index (Phi) is 8.35. The molecule has 0 aromatic heterocycles. The highest BCUT2D eigenvalue weighted by Gasteiger charge is 2.25. The van der Waals surface area contributed by atoms with Crippen LogP contribution in [-0.2, 0) is 24.0 Å². The average Bonchev–Trinajstić information content (AvgIpc) is 2.72. The van der Waals surface area contributed by atoms with Gasteiger partial charge >= 0.3 is 5.97 Å². The Morgan fingerprint density at radius 3 is 2.46 bits per heavy atom. The van der Waals surface area contributed by atoms with E-state index >= 15 is 0 Å². The first kappa shape index (κ1) is 21.3. The van der Waals surface area contributed by atoms with Gasteiger partial charge in [0.1, 0.15) is 23.7 Å². The van der Waals surface area contributed by atoms with Gasteiger partial charge in [-0.05, 0) is 43.4 Å². The maximum Gasteiger partial charge on any atom is 0.342 e. The largest absolute Gasteiger partial charge is 0.496 e. The van der Waals surface area contributed by atoms with Gasteiger partial charge in [0.05, 0.1) is 13.7 Å². The number of esters is 1. The minimum atomic E-state index is -0.391. The van der Waals surface area contributed by atoms with E-state index < -0.39 is 5.97 Å². The van der Waals surface area contributed by atoms with Crippen LogP contribution in [0.1, 0.15) is 34.0 Å². The Morgan fingerprint density at radius 1 is 1.11 bits per heavy atom. The number of aryl methyl sites for hydroxylation is 2. The summed E-state index contributed by atoms with van der Waals surface area (Å²) in [6.07, 6.45) is 5.37. The molecule has 28 heavy (non-hydrogen) atoms. The molecule has 0 aliphatic carbocycles. The molecule has 4 nitrogen and oxygen atoms in total. The van der Waals surface area contributed by atoms with E-state index in [1.54, 1.807) is 26.2 Å². The maximum atomic E-state index is 12.8. The molecule has 0 bridgehead atoms. The molecule has 2 aromatic rings. The van der Waals surface area contributed by atoms with Gasteiger partial charge in [-0.1, -0.05) is 49.1 Å². The summed E-state index contributed by atoms with van der Waals surface area (Å²) in [5, 5.41) is 0. The van der Waals surface area contributed by atoms with Crippen molar-refractivity contribution in [3.8, 4) is 11.5 Å². The summed E-state index contributed by atoms with van der Waals surface area (Å²) in [6.45, 7) is 9.89. The molecular weight excluding hydrogens is 352 g/mol. The fourth-order valence-corrected chi connectivity index (χ4v) is 3.10. The Morgan fingerprint density at radius 2 is 1.86 bits per heavy atom. The quantitative estimate of drug-likeness (QED) is 0.409. The van der Waals surface area contributed by atoms with Crippen LogP contribution in [0, 0.1) is 0 Å². The molecule has 0 saturated carbocycles. The standard InChI is InChI=1S/C24H28O4/c1-5-11-20-21(26-4)17-19(15-14-18-12-9-8-10-13-18)22(24(25)27-7-3)23(20)28-16-6-2/h5-6,8-10,12-13,17H,1-2,7,11,14-16H2,3-4H3. The van der Waals surface area contributed by atoms with Gasteiger partial charge in [-0.3, -0.25) is 0 Å². The van der Waals surface area contributed by atoms with E-state index in [1.807, 2.05) is 24.3 Å². The lowest BCUT2D eigenvalue weighted by Crippen LogP contribution is -2.14. The van der Waals surface area contributed by atoms with E-state index in [-0.39, 0.29) is 6.61 Å². The average molecular weight is 380 g/mol. The van der Waals surface area contributed by atoms with Gasteiger partial charge in [0.25, 0.3) is 0 Å². The van der Waals surface area contributed by atoms with E-state index in [1.165, 1.54) is 5.56 Å². The monoisotopic (exact) mass is 380 g/mol. The third-order valence-electron chi connectivity index (χ3n) is 4.34. The molecule has 0 amide bonds. The minimum Gasteiger partial charge on any atom is -0.496 e. The fourth-order valence-electron chi connectivity index (χ4n) is 3.10. The highest BCUT2D eigenvalue weighted by atomic mass is 16.5. The lowest BCUT2D eigenvalue weighted by atomic mass is 9.94. The normalized spacial score (nSPS) is 10.2. The lowest BCUT2D eigenvalue weighted by Gasteiger charge is -2.20. The molecule has 0 atom stereocenters. The van der Waals surface area contributed by atoms with Gasteiger partial charge < -0.3 is 14.2 Å². The summed E-state index contributed by atoms with van der Waals surface area (Å²) in [6, 6.07) is 12.1. The first-order valence-electron chi connectivity index (χ1n) is 9.44. The van der Waals surface area contributed by atoms with Crippen LogP contribution < -0.4 is 9.47 Å². The Labute approximate surface area is 167 Å². The number of hydrogen-bond donors (Lipinski definition) is 0. The number of benzene rings is 2. The van der Waals surface area contributed by atoms with Crippen LogP contribution in [0.15, 0.2) is 61.7 Å². The molecule has 148 valence electrons. The lowest BCUT2D eigenvalue weighted by molar-refractivity contribution is 0.0520. The summed E-state index contributed by atoms with van der Waals surface area (Å²) < 4.78 is 16.9. The summed E-state index contributed by atoms with van der Waals surface area (Å²) in [5.74, 6) is 0.772. The molecule has 2 rings (SSSR count). The van der Waals surface area contributed by atoms with E-state index in [2.05, 4.69) is 25.3 Å². The van der Waals surface area contributed by atoms with Crippen molar-refractivity contribution in [2.24, 2.45) is 0 Å². The van der Waals surface area contributed by atoms with Gasteiger partial charge in [0.15, 0.2) is 0 Å². The van der Waals surface area contributed by atoms with Crippen molar-refractivity contribution in [1.82, 2.24) is 0 Å². The second kappa shape index (κ2) is 11.0. The van der Waals surface area contributed by atoms with Gasteiger partial charge in [0.2, 0.25) is 0 Å². The number of rotatable bonds is 11. The maximum absolute atomic E-state index is 12.8. The number of hydrogen-bond acceptors (Lipinski definition) is 4. The van der Waals surface area contributed by atoms with Gasteiger partial charge in [-0.15, -0.1) is 6.58 Å². The van der Waals surface area contributed by atoms with E-state index in [0.29, 0.717) is 36.5 Å². The first-order valence-corrected chi connectivity index (χ1v) is 9.44. The number of carbonyl (C=O) groups is 1.